The number of nitrogens with zero attached hydrogens (tertiary/aromatic N) is 3. The Labute approximate surface area is 98.7 Å². The average molecular weight is 247 g/mol. The third-order valence-corrected chi connectivity index (χ3v) is 3.20. The van der Waals surface area contributed by atoms with Crippen molar-refractivity contribution in [1.29, 1.82) is 0 Å². The van der Waals surface area contributed by atoms with E-state index in [1.807, 2.05) is 0 Å². The number of fused-ring (bicyclic) bond motifs is 1. The fourth-order valence-electron chi connectivity index (χ4n) is 1.43. The molecule has 0 bridgehead atoms. The van der Waals surface area contributed by atoms with Gasteiger partial charge in [0.2, 0.25) is 5.89 Å². The first-order valence-corrected chi connectivity index (χ1v) is 5.51. The van der Waals surface area contributed by atoms with Crippen LogP contribution < -0.4 is 0 Å². The highest BCUT2D eigenvalue weighted by Gasteiger charge is 2.15. The van der Waals surface area contributed by atoms with Crippen molar-refractivity contribution in [2.75, 3.05) is 0 Å². The van der Waals surface area contributed by atoms with E-state index in [9.17, 15) is 10.1 Å². The molecule has 3 heterocycles. The summed E-state index contributed by atoms with van der Waals surface area (Å²) in [4.78, 5) is 18.9. The van der Waals surface area contributed by atoms with Crippen molar-refractivity contribution < 1.29 is 9.34 Å². The summed E-state index contributed by atoms with van der Waals surface area (Å²) >= 11 is 1.03. The molecule has 0 aliphatic rings. The Morgan fingerprint density at radius 3 is 2.94 bits per heavy atom. The van der Waals surface area contributed by atoms with Gasteiger partial charge in [0, 0.05) is 12.3 Å². The summed E-state index contributed by atoms with van der Waals surface area (Å²) in [5, 5.41) is 10.6. The lowest BCUT2D eigenvalue weighted by Crippen LogP contribution is -1.80. The molecule has 3 rings (SSSR count). The van der Waals surface area contributed by atoms with Gasteiger partial charge in [0.05, 0.1) is 16.0 Å². The Bertz CT molecular complexity index is 670. The van der Waals surface area contributed by atoms with Gasteiger partial charge in [-0.1, -0.05) is 11.3 Å². The van der Waals surface area contributed by atoms with Crippen LogP contribution in [0.3, 0.4) is 0 Å². The lowest BCUT2D eigenvalue weighted by Gasteiger charge is -1.84. The largest absolute Gasteiger partial charge is 0.434 e. The number of pyridine rings is 1. The van der Waals surface area contributed by atoms with Gasteiger partial charge in [0.25, 0.3) is 0 Å². The maximum Gasteiger partial charge on any atom is 0.324 e. The summed E-state index contributed by atoms with van der Waals surface area (Å²) in [6, 6.07) is 4.79. The van der Waals surface area contributed by atoms with Crippen LogP contribution in [0.25, 0.3) is 21.9 Å². The number of thiophene rings is 1. The Hall–Kier alpha value is -2.28. The fraction of sp³-hybridized carbons (Fsp3) is 0. The van der Waals surface area contributed by atoms with Crippen LogP contribution in [0, 0.1) is 10.1 Å². The molecular formula is C10H5N3O3S. The van der Waals surface area contributed by atoms with E-state index in [4.69, 9.17) is 4.42 Å². The first kappa shape index (κ1) is 9.91. The quantitative estimate of drug-likeness (QED) is 0.513. The van der Waals surface area contributed by atoms with Crippen molar-refractivity contribution in [3.63, 3.8) is 0 Å². The highest BCUT2D eigenvalue weighted by molar-refractivity contribution is 7.18. The van der Waals surface area contributed by atoms with Gasteiger partial charge in [-0.2, -0.15) is 0 Å². The minimum atomic E-state index is -0.432. The van der Waals surface area contributed by atoms with Crippen molar-refractivity contribution in [3.8, 4) is 10.8 Å². The van der Waals surface area contributed by atoms with E-state index in [0.717, 1.165) is 11.3 Å². The molecule has 84 valence electrons. The zero-order chi connectivity index (χ0) is 11.8. The highest BCUT2D eigenvalue weighted by atomic mass is 32.1. The molecule has 17 heavy (non-hydrogen) atoms. The molecule has 0 atom stereocenters. The fourth-order valence-corrected chi connectivity index (χ4v) is 2.17. The third kappa shape index (κ3) is 1.66. The number of aromatic nitrogens is 2. The second-order valence-corrected chi connectivity index (χ2v) is 4.32. The molecule has 0 aromatic carbocycles. The standard InChI is InChI=1S/C10H5N3O3S/c14-13(15)9-2-1-8(17-9)10-12-6-3-4-11-5-7(6)16-10/h1-5H. The second-order valence-electron chi connectivity index (χ2n) is 3.26. The second kappa shape index (κ2) is 3.63. The van der Waals surface area contributed by atoms with Crippen molar-refractivity contribution >= 4 is 27.4 Å². The molecule has 0 saturated carbocycles. The molecule has 6 nitrogen and oxygen atoms in total. The first-order chi connectivity index (χ1) is 8.24. The van der Waals surface area contributed by atoms with Gasteiger partial charge in [-0.25, -0.2) is 4.98 Å². The van der Waals surface area contributed by atoms with E-state index < -0.39 is 4.92 Å². The maximum absolute atomic E-state index is 10.6. The zero-order valence-electron chi connectivity index (χ0n) is 8.36. The molecular weight excluding hydrogens is 242 g/mol. The molecule has 0 amide bonds. The summed E-state index contributed by atoms with van der Waals surface area (Å²) in [6.07, 6.45) is 3.18. The zero-order valence-corrected chi connectivity index (χ0v) is 9.18. The summed E-state index contributed by atoms with van der Waals surface area (Å²) in [6.45, 7) is 0. The van der Waals surface area contributed by atoms with Crippen molar-refractivity contribution in [1.82, 2.24) is 9.97 Å². The lowest BCUT2D eigenvalue weighted by molar-refractivity contribution is -0.380. The average Bonchev–Trinajstić information content (AvgIpc) is 2.95. The van der Waals surface area contributed by atoms with E-state index in [2.05, 4.69) is 9.97 Å². The molecule has 0 aliphatic carbocycles. The minimum absolute atomic E-state index is 0.0698. The number of oxazole rings is 1. The molecule has 0 spiro atoms. The molecule has 3 aromatic rings. The number of hydrogen-bond donors (Lipinski definition) is 0. The van der Waals surface area contributed by atoms with E-state index in [-0.39, 0.29) is 5.00 Å². The van der Waals surface area contributed by atoms with Crippen LogP contribution in [0.2, 0.25) is 0 Å². The normalized spacial score (nSPS) is 10.8. The van der Waals surface area contributed by atoms with E-state index >= 15 is 0 Å². The van der Waals surface area contributed by atoms with Crippen LogP contribution in [0.5, 0.6) is 0 Å². The van der Waals surface area contributed by atoms with Gasteiger partial charge >= 0.3 is 5.00 Å². The summed E-state index contributed by atoms with van der Waals surface area (Å²) in [7, 11) is 0. The van der Waals surface area contributed by atoms with Gasteiger partial charge in [0.1, 0.15) is 5.52 Å². The molecule has 3 aromatic heterocycles. The van der Waals surface area contributed by atoms with Crippen LogP contribution in [0.1, 0.15) is 0 Å². The molecule has 0 fully saturated rings. The van der Waals surface area contributed by atoms with Gasteiger partial charge < -0.3 is 4.42 Å². The van der Waals surface area contributed by atoms with Crippen molar-refractivity contribution in [2.45, 2.75) is 0 Å². The van der Waals surface area contributed by atoms with Gasteiger partial charge in [-0.05, 0) is 12.1 Å². The van der Waals surface area contributed by atoms with Crippen molar-refractivity contribution in [2.24, 2.45) is 0 Å². The predicted octanol–water partition coefficient (Wildman–Crippen LogP) is 2.86. The van der Waals surface area contributed by atoms with E-state index in [1.165, 1.54) is 6.07 Å². The van der Waals surface area contributed by atoms with Crippen LogP contribution in [-0.4, -0.2) is 14.9 Å². The maximum atomic E-state index is 10.6. The number of hydrogen-bond acceptors (Lipinski definition) is 6. The summed E-state index contributed by atoms with van der Waals surface area (Å²) in [5.41, 5.74) is 1.25. The Morgan fingerprint density at radius 2 is 2.24 bits per heavy atom. The Morgan fingerprint density at radius 1 is 1.35 bits per heavy atom. The lowest BCUT2D eigenvalue weighted by atomic mass is 10.4. The molecule has 0 radical (unpaired) electrons. The molecule has 0 aliphatic heterocycles. The Kier molecular flexibility index (Phi) is 2.12. The molecule has 0 N–H and O–H groups in total. The molecule has 7 heteroatoms. The minimum Gasteiger partial charge on any atom is -0.434 e. The van der Waals surface area contributed by atoms with Gasteiger partial charge in [0.15, 0.2) is 5.58 Å². The van der Waals surface area contributed by atoms with Gasteiger partial charge in [-0.3, -0.25) is 15.1 Å². The summed E-state index contributed by atoms with van der Waals surface area (Å²) in [5.74, 6) is 0.381. The van der Waals surface area contributed by atoms with Gasteiger partial charge in [-0.15, -0.1) is 0 Å². The van der Waals surface area contributed by atoms with E-state index in [1.54, 1.807) is 24.5 Å². The molecule has 0 unspecified atom stereocenters. The van der Waals surface area contributed by atoms with Crippen LogP contribution >= 0.6 is 11.3 Å². The smallest absolute Gasteiger partial charge is 0.324 e. The predicted molar refractivity (Wildman–Crippen MR) is 61.8 cm³/mol. The Balaban J connectivity index is 2.10. The van der Waals surface area contributed by atoms with Crippen LogP contribution in [-0.2, 0) is 0 Å². The molecule has 0 saturated heterocycles. The monoisotopic (exact) mass is 247 g/mol. The number of nitro groups is 1. The number of rotatable bonds is 2. The highest BCUT2D eigenvalue weighted by Crippen LogP contribution is 2.33. The SMILES string of the molecule is O=[N+]([O-])c1ccc(-c2nc3ccncc3o2)s1. The van der Waals surface area contributed by atoms with Crippen LogP contribution in [0.15, 0.2) is 35.0 Å². The first-order valence-electron chi connectivity index (χ1n) is 4.69. The van der Waals surface area contributed by atoms with Crippen molar-refractivity contribution in [3.05, 3.63) is 40.7 Å². The van der Waals surface area contributed by atoms with Crippen LogP contribution in [0.4, 0.5) is 5.00 Å². The summed E-state index contributed by atoms with van der Waals surface area (Å²) < 4.78 is 5.46. The van der Waals surface area contributed by atoms with E-state index in [0.29, 0.717) is 21.9 Å². The topological polar surface area (TPSA) is 82.1 Å². The third-order valence-electron chi connectivity index (χ3n) is 2.17.